The lowest BCUT2D eigenvalue weighted by atomic mass is 9.62. The molecule has 5 heteroatoms. The molecule has 1 aromatic carbocycles. The summed E-state index contributed by atoms with van der Waals surface area (Å²) in [5.74, 6) is 0. The lowest BCUT2D eigenvalue weighted by Gasteiger charge is -2.60. The van der Waals surface area contributed by atoms with Gasteiger partial charge in [-0.05, 0) is 24.6 Å². The van der Waals surface area contributed by atoms with E-state index in [0.29, 0.717) is 6.54 Å². The third-order valence-corrected chi connectivity index (χ3v) is 4.85. The highest BCUT2D eigenvalue weighted by molar-refractivity contribution is 6.30. The molecule has 1 aromatic heterocycles. The van der Waals surface area contributed by atoms with Gasteiger partial charge in [0.05, 0.1) is 12.6 Å². The Balaban J connectivity index is 2.03. The summed E-state index contributed by atoms with van der Waals surface area (Å²) in [5, 5.41) is 4.95. The summed E-state index contributed by atoms with van der Waals surface area (Å²) < 4.78 is 8.03. The van der Waals surface area contributed by atoms with E-state index in [-0.39, 0.29) is 11.5 Å². The first-order valence-electron chi connectivity index (χ1n) is 6.72. The van der Waals surface area contributed by atoms with Crippen LogP contribution in [0.4, 0.5) is 0 Å². The molecule has 0 radical (unpaired) electrons. The average molecular weight is 292 g/mol. The van der Waals surface area contributed by atoms with Crippen molar-refractivity contribution in [1.82, 2.24) is 14.8 Å². The molecule has 1 aliphatic heterocycles. The molecule has 1 fully saturated rings. The van der Waals surface area contributed by atoms with E-state index in [1.807, 2.05) is 28.9 Å². The summed E-state index contributed by atoms with van der Waals surface area (Å²) in [7, 11) is 0. The molecular weight excluding hydrogens is 274 g/mol. The Morgan fingerprint density at radius 3 is 2.50 bits per heavy atom. The monoisotopic (exact) mass is 291 g/mol. The summed E-state index contributed by atoms with van der Waals surface area (Å²) >= 11 is 6.00. The largest absolute Gasteiger partial charge is 0.364 e. The highest BCUT2D eigenvalue weighted by atomic mass is 35.5. The third-order valence-electron chi connectivity index (χ3n) is 4.60. The maximum atomic E-state index is 6.21. The van der Waals surface area contributed by atoms with E-state index >= 15 is 0 Å². The minimum Gasteiger partial charge on any atom is -0.364 e. The Morgan fingerprint density at radius 1 is 1.30 bits per heavy atom. The average Bonchev–Trinajstić information content (AvgIpc) is 2.91. The Labute approximate surface area is 123 Å². The quantitative estimate of drug-likeness (QED) is 0.871. The van der Waals surface area contributed by atoms with Crippen LogP contribution in [0.2, 0.25) is 5.02 Å². The van der Waals surface area contributed by atoms with Gasteiger partial charge >= 0.3 is 0 Å². The number of benzene rings is 1. The highest BCUT2D eigenvalue weighted by Gasteiger charge is 2.61. The first kappa shape index (κ1) is 13.6. The molecule has 20 heavy (non-hydrogen) atoms. The number of aromatic nitrogens is 3. The number of hydrogen-bond donors (Lipinski definition) is 0. The van der Waals surface area contributed by atoms with Gasteiger partial charge in [0.1, 0.15) is 18.3 Å². The van der Waals surface area contributed by atoms with Crippen molar-refractivity contribution in [3.8, 4) is 0 Å². The summed E-state index contributed by atoms with van der Waals surface area (Å²) in [4.78, 5) is 4.01. The van der Waals surface area contributed by atoms with Crippen molar-refractivity contribution in [2.75, 3.05) is 0 Å². The molecule has 0 bridgehead atoms. The van der Waals surface area contributed by atoms with Crippen molar-refractivity contribution in [2.24, 2.45) is 5.41 Å². The maximum Gasteiger partial charge on any atom is 0.137 e. The fourth-order valence-corrected chi connectivity index (χ4v) is 3.03. The summed E-state index contributed by atoms with van der Waals surface area (Å²) in [6, 6.07) is 7.88. The smallest absolute Gasteiger partial charge is 0.137 e. The molecule has 2 aromatic rings. The zero-order valence-corrected chi connectivity index (χ0v) is 12.6. The SMILES string of the molecule is CC1OC(Cn2cncn2)(c2ccc(Cl)cc2)C1(C)C. The van der Waals surface area contributed by atoms with Crippen molar-refractivity contribution in [1.29, 1.82) is 0 Å². The summed E-state index contributed by atoms with van der Waals surface area (Å²) in [6.07, 6.45) is 3.46. The maximum absolute atomic E-state index is 6.21. The topological polar surface area (TPSA) is 39.9 Å². The van der Waals surface area contributed by atoms with Gasteiger partial charge in [0.2, 0.25) is 0 Å². The third kappa shape index (κ3) is 1.86. The molecule has 0 amide bonds. The highest BCUT2D eigenvalue weighted by Crippen LogP contribution is 2.56. The van der Waals surface area contributed by atoms with Crippen molar-refractivity contribution >= 4 is 11.6 Å². The Kier molecular flexibility index (Phi) is 3.10. The molecule has 106 valence electrons. The second-order valence-corrected chi connectivity index (χ2v) is 6.35. The molecule has 0 spiro atoms. The zero-order chi connectivity index (χ0) is 14.4. The first-order valence-corrected chi connectivity index (χ1v) is 7.10. The molecule has 0 aliphatic carbocycles. The van der Waals surface area contributed by atoms with Crippen LogP contribution in [-0.4, -0.2) is 20.9 Å². The molecule has 2 unspecified atom stereocenters. The number of halogens is 1. The van der Waals surface area contributed by atoms with E-state index in [4.69, 9.17) is 16.3 Å². The van der Waals surface area contributed by atoms with E-state index in [0.717, 1.165) is 10.6 Å². The van der Waals surface area contributed by atoms with Crippen molar-refractivity contribution in [2.45, 2.75) is 39.0 Å². The second-order valence-electron chi connectivity index (χ2n) is 5.91. The van der Waals surface area contributed by atoms with E-state index in [2.05, 4.69) is 30.9 Å². The lowest BCUT2D eigenvalue weighted by Crippen LogP contribution is -2.64. The van der Waals surface area contributed by atoms with Gasteiger partial charge in [0.15, 0.2) is 0 Å². The molecule has 2 atom stereocenters. The fourth-order valence-electron chi connectivity index (χ4n) is 2.91. The molecular formula is C15H18ClN3O. The molecule has 0 N–H and O–H groups in total. The van der Waals surface area contributed by atoms with E-state index < -0.39 is 5.60 Å². The fraction of sp³-hybridized carbons (Fsp3) is 0.467. The molecule has 1 aliphatic rings. The van der Waals surface area contributed by atoms with Crippen LogP contribution in [-0.2, 0) is 16.9 Å². The van der Waals surface area contributed by atoms with Gasteiger partial charge in [-0.15, -0.1) is 0 Å². The molecule has 3 rings (SSSR count). The standard InChI is InChI=1S/C15H18ClN3O/c1-11-14(2,3)15(20-11,8-19-10-17-9-18-19)12-4-6-13(16)7-5-12/h4-7,9-11H,8H2,1-3H3. The number of hydrogen-bond acceptors (Lipinski definition) is 3. The molecule has 2 heterocycles. The van der Waals surface area contributed by atoms with Crippen LogP contribution < -0.4 is 0 Å². The number of rotatable bonds is 3. The zero-order valence-electron chi connectivity index (χ0n) is 11.9. The van der Waals surface area contributed by atoms with Gasteiger partial charge in [-0.25, -0.2) is 9.67 Å². The van der Waals surface area contributed by atoms with Crippen molar-refractivity contribution in [3.05, 3.63) is 47.5 Å². The van der Waals surface area contributed by atoms with Crippen LogP contribution in [0, 0.1) is 5.41 Å². The summed E-state index contributed by atoms with van der Waals surface area (Å²) in [5.41, 5.74) is 0.734. The van der Waals surface area contributed by atoms with Crippen LogP contribution in [0.25, 0.3) is 0 Å². The van der Waals surface area contributed by atoms with E-state index in [1.165, 1.54) is 0 Å². The Bertz CT molecular complexity index is 594. The van der Waals surface area contributed by atoms with Crippen molar-refractivity contribution < 1.29 is 4.74 Å². The van der Waals surface area contributed by atoms with Crippen LogP contribution >= 0.6 is 11.6 Å². The van der Waals surface area contributed by atoms with Crippen LogP contribution in [0.1, 0.15) is 26.3 Å². The Hall–Kier alpha value is -1.39. The normalized spacial score (nSPS) is 28.1. The molecule has 4 nitrogen and oxygen atoms in total. The van der Waals surface area contributed by atoms with Gasteiger partial charge in [0.25, 0.3) is 0 Å². The van der Waals surface area contributed by atoms with Crippen LogP contribution in [0.15, 0.2) is 36.9 Å². The van der Waals surface area contributed by atoms with E-state index in [1.54, 1.807) is 12.7 Å². The van der Waals surface area contributed by atoms with Crippen LogP contribution in [0.3, 0.4) is 0 Å². The van der Waals surface area contributed by atoms with Gasteiger partial charge in [-0.2, -0.15) is 5.10 Å². The van der Waals surface area contributed by atoms with Gasteiger partial charge < -0.3 is 4.74 Å². The lowest BCUT2D eigenvalue weighted by molar-refractivity contribution is -0.316. The minimum absolute atomic E-state index is 0.00673. The van der Waals surface area contributed by atoms with Gasteiger partial charge in [-0.3, -0.25) is 0 Å². The predicted molar refractivity (Wildman–Crippen MR) is 77.5 cm³/mol. The van der Waals surface area contributed by atoms with Crippen LogP contribution in [0.5, 0.6) is 0 Å². The van der Waals surface area contributed by atoms with Crippen molar-refractivity contribution in [3.63, 3.8) is 0 Å². The molecule has 0 saturated carbocycles. The minimum atomic E-state index is -0.398. The van der Waals surface area contributed by atoms with Gasteiger partial charge in [-0.1, -0.05) is 37.6 Å². The van der Waals surface area contributed by atoms with E-state index in [9.17, 15) is 0 Å². The second kappa shape index (κ2) is 4.57. The Morgan fingerprint density at radius 2 is 2.00 bits per heavy atom. The number of nitrogens with zero attached hydrogens (tertiary/aromatic N) is 3. The predicted octanol–water partition coefficient (Wildman–Crippen LogP) is 3.27. The molecule has 1 saturated heterocycles. The summed E-state index contributed by atoms with van der Waals surface area (Å²) in [6.45, 7) is 7.21. The van der Waals surface area contributed by atoms with Gasteiger partial charge in [0, 0.05) is 10.4 Å². The number of ether oxygens (including phenoxy) is 1. The first-order chi connectivity index (χ1) is 9.46.